The van der Waals surface area contributed by atoms with Gasteiger partial charge in [0.2, 0.25) is 0 Å². The summed E-state index contributed by atoms with van der Waals surface area (Å²) in [6, 6.07) is 3.32. The van der Waals surface area contributed by atoms with Crippen LogP contribution in [0.2, 0.25) is 0 Å². The van der Waals surface area contributed by atoms with Gasteiger partial charge in [-0.2, -0.15) is 5.10 Å². The summed E-state index contributed by atoms with van der Waals surface area (Å²) in [5.41, 5.74) is 7.16. The molecule has 3 N–H and O–H groups in total. The van der Waals surface area contributed by atoms with E-state index in [1.54, 1.807) is 11.6 Å². The maximum atomic E-state index is 13.5. The minimum Gasteiger partial charge on any atom is -0.394 e. The van der Waals surface area contributed by atoms with E-state index in [1.165, 1.54) is 12.1 Å². The molecule has 1 aromatic carbocycles. The van der Waals surface area contributed by atoms with Gasteiger partial charge in [-0.05, 0) is 26.0 Å². The molecule has 0 aliphatic rings. The maximum Gasteiger partial charge on any atom is 0.152 e. The summed E-state index contributed by atoms with van der Waals surface area (Å²) in [6.45, 7) is 4.27. The molecule has 0 bridgehead atoms. The zero-order valence-corrected chi connectivity index (χ0v) is 10.2. The topological polar surface area (TPSA) is 55.9 Å². The fraction of sp³-hybridized carbons (Fsp3) is 0.250. The van der Waals surface area contributed by atoms with E-state index in [2.05, 4.69) is 10.4 Å². The van der Waals surface area contributed by atoms with Crippen LogP contribution in [-0.2, 0) is 6.54 Å². The van der Waals surface area contributed by atoms with Crippen molar-refractivity contribution < 1.29 is 8.78 Å². The number of aryl methyl sites for hydroxylation is 2. The maximum absolute atomic E-state index is 13.5. The van der Waals surface area contributed by atoms with Gasteiger partial charge in [0.1, 0.15) is 11.6 Å². The lowest BCUT2D eigenvalue weighted by Gasteiger charge is -2.10. The molecule has 2 aromatic rings. The summed E-state index contributed by atoms with van der Waals surface area (Å²) in [6.07, 6.45) is 0. The third-order valence-electron chi connectivity index (χ3n) is 2.66. The van der Waals surface area contributed by atoms with E-state index in [0.717, 1.165) is 6.07 Å². The summed E-state index contributed by atoms with van der Waals surface area (Å²) >= 11 is 0. The molecule has 0 radical (unpaired) electrons. The lowest BCUT2D eigenvalue weighted by molar-refractivity contribution is 0.585. The van der Waals surface area contributed by atoms with Crippen molar-refractivity contribution in [1.29, 1.82) is 0 Å². The van der Waals surface area contributed by atoms with Gasteiger partial charge in [0.05, 0.1) is 17.1 Å². The van der Waals surface area contributed by atoms with Gasteiger partial charge in [0, 0.05) is 12.6 Å². The summed E-state index contributed by atoms with van der Waals surface area (Å²) in [5, 5.41) is 7.05. The predicted octanol–water partition coefficient (Wildman–Crippen LogP) is 2.82. The van der Waals surface area contributed by atoms with Crippen LogP contribution in [0.25, 0.3) is 0 Å². The molecule has 4 nitrogen and oxygen atoms in total. The first-order valence-corrected chi connectivity index (χ1v) is 5.58. The number of aromatic nitrogens is 2. The summed E-state index contributed by atoms with van der Waals surface area (Å²) in [7, 11) is 0. The van der Waals surface area contributed by atoms with Crippen molar-refractivity contribution in [3.8, 4) is 0 Å². The van der Waals surface area contributed by atoms with E-state index in [-0.39, 0.29) is 5.69 Å². The van der Waals surface area contributed by atoms with Crippen LogP contribution in [0.5, 0.6) is 0 Å². The number of nitrogens with zero attached hydrogens (tertiary/aromatic N) is 2. The van der Waals surface area contributed by atoms with Crippen molar-refractivity contribution in [2.75, 3.05) is 11.1 Å². The van der Waals surface area contributed by atoms with Crippen LogP contribution in [0.4, 0.5) is 26.0 Å². The summed E-state index contributed by atoms with van der Waals surface area (Å²) < 4.78 is 28.0. The zero-order chi connectivity index (χ0) is 13.3. The fourth-order valence-electron chi connectivity index (χ4n) is 1.67. The van der Waals surface area contributed by atoms with Crippen LogP contribution in [0.1, 0.15) is 12.6 Å². The van der Waals surface area contributed by atoms with Crippen molar-refractivity contribution in [2.45, 2.75) is 20.4 Å². The number of halogens is 2. The van der Waals surface area contributed by atoms with Gasteiger partial charge < -0.3 is 11.1 Å². The molecule has 2 rings (SSSR count). The molecule has 96 valence electrons. The lowest BCUT2D eigenvalue weighted by Crippen LogP contribution is -2.05. The molecule has 0 aliphatic heterocycles. The van der Waals surface area contributed by atoms with Crippen molar-refractivity contribution in [3.63, 3.8) is 0 Å². The van der Waals surface area contributed by atoms with Gasteiger partial charge in [-0.15, -0.1) is 0 Å². The van der Waals surface area contributed by atoms with Gasteiger partial charge >= 0.3 is 0 Å². The molecule has 0 spiro atoms. The van der Waals surface area contributed by atoms with E-state index in [9.17, 15) is 8.78 Å². The minimum absolute atomic E-state index is 0.165. The molecule has 6 heteroatoms. The zero-order valence-electron chi connectivity index (χ0n) is 10.2. The molecule has 1 heterocycles. The highest BCUT2D eigenvalue weighted by Crippen LogP contribution is 2.27. The van der Waals surface area contributed by atoms with Crippen molar-refractivity contribution in [3.05, 3.63) is 35.5 Å². The Balaban J connectivity index is 2.39. The largest absolute Gasteiger partial charge is 0.394 e. The number of nitrogens with one attached hydrogen (secondary N) is 1. The quantitative estimate of drug-likeness (QED) is 0.883. The molecule has 0 saturated heterocycles. The highest BCUT2D eigenvalue weighted by atomic mass is 19.1. The third kappa shape index (κ3) is 2.13. The molecule has 0 atom stereocenters. The first-order valence-electron chi connectivity index (χ1n) is 5.58. The number of benzene rings is 1. The Hall–Kier alpha value is -2.11. The highest BCUT2D eigenvalue weighted by Gasteiger charge is 2.13. The van der Waals surface area contributed by atoms with Crippen LogP contribution < -0.4 is 11.1 Å². The average molecular weight is 252 g/mol. The SMILES string of the molecule is CCn1nc(C)c(N)c1Nc1ccc(F)cc1F. The van der Waals surface area contributed by atoms with Gasteiger partial charge in [0.15, 0.2) is 5.82 Å². The molecule has 18 heavy (non-hydrogen) atoms. The Morgan fingerprint density at radius 3 is 2.72 bits per heavy atom. The molecule has 1 aromatic heterocycles. The first kappa shape index (κ1) is 12.3. The van der Waals surface area contributed by atoms with Gasteiger partial charge in [-0.1, -0.05) is 0 Å². The van der Waals surface area contributed by atoms with E-state index in [0.29, 0.717) is 23.7 Å². The normalized spacial score (nSPS) is 10.7. The highest BCUT2D eigenvalue weighted by molar-refractivity contribution is 5.71. The Bertz CT molecular complexity index is 578. The molecule has 0 amide bonds. The molecule has 0 aliphatic carbocycles. The molecule has 0 saturated carbocycles. The van der Waals surface area contributed by atoms with Gasteiger partial charge in [-0.25, -0.2) is 13.5 Å². The average Bonchev–Trinajstić information content (AvgIpc) is 2.60. The first-order chi connectivity index (χ1) is 8.52. The number of hydrogen-bond acceptors (Lipinski definition) is 3. The van der Waals surface area contributed by atoms with Crippen molar-refractivity contribution >= 4 is 17.2 Å². The fourth-order valence-corrected chi connectivity index (χ4v) is 1.67. The van der Waals surface area contributed by atoms with Crippen molar-refractivity contribution in [2.24, 2.45) is 0 Å². The molecular formula is C12H14F2N4. The van der Waals surface area contributed by atoms with E-state index in [4.69, 9.17) is 5.73 Å². The Labute approximate surface area is 103 Å². The Kier molecular flexibility index (Phi) is 3.18. The van der Waals surface area contributed by atoms with Crippen LogP contribution >= 0.6 is 0 Å². The van der Waals surface area contributed by atoms with Crippen LogP contribution in [-0.4, -0.2) is 9.78 Å². The second kappa shape index (κ2) is 4.64. The van der Waals surface area contributed by atoms with Crippen LogP contribution in [0.15, 0.2) is 18.2 Å². The van der Waals surface area contributed by atoms with E-state index < -0.39 is 11.6 Å². The molecular weight excluding hydrogens is 238 g/mol. The number of nitrogen functional groups attached to an aromatic ring is 1. The Morgan fingerprint density at radius 1 is 1.39 bits per heavy atom. The van der Waals surface area contributed by atoms with Crippen molar-refractivity contribution in [1.82, 2.24) is 9.78 Å². The molecule has 0 fully saturated rings. The Morgan fingerprint density at radius 2 is 2.11 bits per heavy atom. The summed E-state index contributed by atoms with van der Waals surface area (Å²) in [5.74, 6) is -0.775. The van der Waals surface area contributed by atoms with Crippen LogP contribution in [0, 0.1) is 18.6 Å². The predicted molar refractivity (Wildman–Crippen MR) is 66.7 cm³/mol. The monoisotopic (exact) mass is 252 g/mol. The summed E-state index contributed by atoms with van der Waals surface area (Å²) in [4.78, 5) is 0. The number of nitrogens with two attached hydrogens (primary N) is 1. The smallest absolute Gasteiger partial charge is 0.152 e. The minimum atomic E-state index is -0.670. The van der Waals surface area contributed by atoms with E-state index >= 15 is 0 Å². The van der Waals surface area contributed by atoms with Gasteiger partial charge in [0.25, 0.3) is 0 Å². The number of rotatable bonds is 3. The second-order valence-electron chi connectivity index (χ2n) is 3.91. The third-order valence-corrected chi connectivity index (χ3v) is 2.66. The standard InChI is InChI=1S/C12H14F2N4/c1-3-18-12(11(15)7(2)17-18)16-10-5-4-8(13)6-9(10)14/h4-6,16H,3,15H2,1-2H3. The molecule has 0 unspecified atom stereocenters. The van der Waals surface area contributed by atoms with Gasteiger partial charge in [-0.3, -0.25) is 0 Å². The van der Waals surface area contributed by atoms with E-state index in [1.807, 2.05) is 6.92 Å². The second-order valence-corrected chi connectivity index (χ2v) is 3.91. The number of anilines is 3. The van der Waals surface area contributed by atoms with Crippen LogP contribution in [0.3, 0.4) is 0 Å². The number of hydrogen-bond donors (Lipinski definition) is 2. The lowest BCUT2D eigenvalue weighted by atomic mass is 10.3.